The predicted octanol–water partition coefficient (Wildman–Crippen LogP) is 1.67. The van der Waals surface area contributed by atoms with E-state index in [1.54, 1.807) is 7.11 Å². The van der Waals surface area contributed by atoms with Gasteiger partial charge in [-0.15, -0.1) is 0 Å². The van der Waals surface area contributed by atoms with Crippen LogP contribution in [-0.4, -0.2) is 36.2 Å². The standard InChI is InChI=1S/C10H13BrN2O/c1-14-9-6-13(7-9)5-8-3-2-4-10(11)12-8/h2-4,9H,5-7H2,1H3. The first-order valence-electron chi connectivity index (χ1n) is 4.64. The quantitative estimate of drug-likeness (QED) is 0.770. The molecule has 2 rings (SSSR count). The molecule has 0 aromatic carbocycles. The van der Waals surface area contributed by atoms with E-state index in [9.17, 15) is 0 Å². The van der Waals surface area contributed by atoms with Gasteiger partial charge < -0.3 is 4.74 Å². The van der Waals surface area contributed by atoms with Crippen molar-refractivity contribution >= 4 is 15.9 Å². The summed E-state index contributed by atoms with van der Waals surface area (Å²) >= 11 is 3.36. The highest BCUT2D eigenvalue weighted by Gasteiger charge is 2.26. The topological polar surface area (TPSA) is 25.4 Å². The van der Waals surface area contributed by atoms with Crippen LogP contribution in [0.3, 0.4) is 0 Å². The van der Waals surface area contributed by atoms with E-state index in [2.05, 4.69) is 25.8 Å². The van der Waals surface area contributed by atoms with Gasteiger partial charge in [0.25, 0.3) is 0 Å². The van der Waals surface area contributed by atoms with Crippen molar-refractivity contribution in [1.29, 1.82) is 0 Å². The smallest absolute Gasteiger partial charge is 0.106 e. The van der Waals surface area contributed by atoms with E-state index >= 15 is 0 Å². The van der Waals surface area contributed by atoms with E-state index in [1.165, 1.54) is 0 Å². The zero-order valence-electron chi connectivity index (χ0n) is 8.11. The number of hydrogen-bond donors (Lipinski definition) is 0. The summed E-state index contributed by atoms with van der Waals surface area (Å²) < 4.78 is 6.11. The minimum atomic E-state index is 0.419. The molecule has 0 spiro atoms. The number of halogens is 1. The zero-order valence-corrected chi connectivity index (χ0v) is 9.70. The third kappa shape index (κ3) is 2.32. The Bertz CT molecular complexity index is 313. The molecule has 1 saturated heterocycles. The van der Waals surface area contributed by atoms with E-state index in [-0.39, 0.29) is 0 Å². The van der Waals surface area contributed by atoms with Crippen molar-refractivity contribution in [3.63, 3.8) is 0 Å². The molecule has 0 saturated carbocycles. The van der Waals surface area contributed by atoms with Crippen LogP contribution < -0.4 is 0 Å². The Morgan fingerprint density at radius 2 is 2.36 bits per heavy atom. The summed E-state index contributed by atoms with van der Waals surface area (Å²) in [6, 6.07) is 6.00. The molecule has 4 heteroatoms. The van der Waals surface area contributed by atoms with Crippen LogP contribution in [0.15, 0.2) is 22.8 Å². The van der Waals surface area contributed by atoms with Crippen molar-refractivity contribution < 1.29 is 4.74 Å². The molecule has 76 valence electrons. The summed E-state index contributed by atoms with van der Waals surface area (Å²) in [7, 11) is 1.76. The van der Waals surface area contributed by atoms with Gasteiger partial charge in [0.2, 0.25) is 0 Å². The molecule has 1 aliphatic heterocycles. The molecule has 1 aromatic rings. The minimum absolute atomic E-state index is 0.419. The number of pyridine rings is 1. The summed E-state index contributed by atoms with van der Waals surface area (Å²) in [6.45, 7) is 2.95. The monoisotopic (exact) mass is 256 g/mol. The molecule has 0 amide bonds. The Morgan fingerprint density at radius 3 is 3.00 bits per heavy atom. The Hall–Kier alpha value is -0.450. The summed E-state index contributed by atoms with van der Waals surface area (Å²) in [5, 5.41) is 0. The van der Waals surface area contributed by atoms with Gasteiger partial charge in [-0.05, 0) is 28.1 Å². The summed E-state index contributed by atoms with van der Waals surface area (Å²) in [5.41, 5.74) is 1.11. The van der Waals surface area contributed by atoms with Crippen LogP contribution in [0.25, 0.3) is 0 Å². The van der Waals surface area contributed by atoms with Crippen LogP contribution in [0, 0.1) is 0 Å². The molecule has 1 fully saturated rings. The molecular weight excluding hydrogens is 244 g/mol. The lowest BCUT2D eigenvalue weighted by Crippen LogP contribution is -2.51. The van der Waals surface area contributed by atoms with Gasteiger partial charge in [-0.25, -0.2) is 4.98 Å². The fourth-order valence-electron chi connectivity index (χ4n) is 1.57. The van der Waals surface area contributed by atoms with E-state index < -0.39 is 0 Å². The molecule has 1 aliphatic rings. The van der Waals surface area contributed by atoms with Crippen molar-refractivity contribution in [3.8, 4) is 0 Å². The average Bonchev–Trinajstić information content (AvgIpc) is 2.10. The van der Waals surface area contributed by atoms with Crippen LogP contribution in [-0.2, 0) is 11.3 Å². The highest BCUT2D eigenvalue weighted by Crippen LogP contribution is 2.15. The Morgan fingerprint density at radius 1 is 1.57 bits per heavy atom. The fourth-order valence-corrected chi connectivity index (χ4v) is 1.95. The van der Waals surface area contributed by atoms with Gasteiger partial charge in [0.1, 0.15) is 4.60 Å². The van der Waals surface area contributed by atoms with Gasteiger partial charge in [-0.1, -0.05) is 6.07 Å². The van der Waals surface area contributed by atoms with Gasteiger partial charge in [-0.3, -0.25) is 4.90 Å². The van der Waals surface area contributed by atoms with Crippen LogP contribution in [0.5, 0.6) is 0 Å². The maximum Gasteiger partial charge on any atom is 0.106 e. The van der Waals surface area contributed by atoms with Crippen LogP contribution in [0.1, 0.15) is 5.69 Å². The van der Waals surface area contributed by atoms with Gasteiger partial charge in [0, 0.05) is 26.7 Å². The minimum Gasteiger partial charge on any atom is -0.379 e. The van der Waals surface area contributed by atoms with Gasteiger partial charge in [-0.2, -0.15) is 0 Å². The van der Waals surface area contributed by atoms with Crippen LogP contribution in [0.4, 0.5) is 0 Å². The van der Waals surface area contributed by atoms with Crippen molar-refractivity contribution in [2.45, 2.75) is 12.6 Å². The van der Waals surface area contributed by atoms with E-state index in [0.717, 1.165) is 29.9 Å². The van der Waals surface area contributed by atoms with Crippen molar-refractivity contribution in [1.82, 2.24) is 9.88 Å². The Labute approximate surface area is 92.2 Å². The zero-order chi connectivity index (χ0) is 9.97. The number of methoxy groups -OCH3 is 1. The first-order chi connectivity index (χ1) is 6.78. The van der Waals surface area contributed by atoms with Crippen molar-refractivity contribution in [2.75, 3.05) is 20.2 Å². The normalized spacial score (nSPS) is 18.1. The number of nitrogens with zero attached hydrogens (tertiary/aromatic N) is 2. The first-order valence-corrected chi connectivity index (χ1v) is 5.44. The Kier molecular flexibility index (Phi) is 3.15. The molecule has 0 unspecified atom stereocenters. The average molecular weight is 257 g/mol. The summed E-state index contributed by atoms with van der Waals surface area (Å²) in [6.07, 6.45) is 0.419. The third-order valence-electron chi connectivity index (χ3n) is 2.42. The van der Waals surface area contributed by atoms with Gasteiger partial charge in [0.15, 0.2) is 0 Å². The molecule has 1 aromatic heterocycles. The van der Waals surface area contributed by atoms with Crippen molar-refractivity contribution in [2.24, 2.45) is 0 Å². The molecule has 0 radical (unpaired) electrons. The molecular formula is C10H13BrN2O. The number of ether oxygens (including phenoxy) is 1. The third-order valence-corrected chi connectivity index (χ3v) is 2.86. The van der Waals surface area contributed by atoms with Crippen LogP contribution >= 0.6 is 15.9 Å². The molecule has 2 heterocycles. The van der Waals surface area contributed by atoms with E-state index in [1.807, 2.05) is 18.2 Å². The maximum absolute atomic E-state index is 5.21. The lowest BCUT2D eigenvalue weighted by Gasteiger charge is -2.37. The Balaban J connectivity index is 1.87. The lowest BCUT2D eigenvalue weighted by molar-refractivity contribution is -0.0339. The summed E-state index contributed by atoms with van der Waals surface area (Å²) in [4.78, 5) is 6.70. The number of rotatable bonds is 3. The first kappa shape index (κ1) is 10.1. The number of hydrogen-bond acceptors (Lipinski definition) is 3. The largest absolute Gasteiger partial charge is 0.379 e. The maximum atomic E-state index is 5.21. The lowest BCUT2D eigenvalue weighted by atomic mass is 10.1. The van der Waals surface area contributed by atoms with Gasteiger partial charge in [0.05, 0.1) is 11.8 Å². The molecule has 3 nitrogen and oxygen atoms in total. The molecule has 0 aliphatic carbocycles. The second-order valence-electron chi connectivity index (χ2n) is 3.50. The van der Waals surface area contributed by atoms with Crippen LogP contribution in [0.2, 0.25) is 0 Å². The fraction of sp³-hybridized carbons (Fsp3) is 0.500. The molecule has 0 N–H and O–H groups in total. The predicted molar refractivity (Wildman–Crippen MR) is 58.0 cm³/mol. The van der Waals surface area contributed by atoms with Gasteiger partial charge >= 0.3 is 0 Å². The second-order valence-corrected chi connectivity index (χ2v) is 4.32. The summed E-state index contributed by atoms with van der Waals surface area (Å²) in [5.74, 6) is 0. The molecule has 14 heavy (non-hydrogen) atoms. The molecule has 0 bridgehead atoms. The van der Waals surface area contributed by atoms with Crippen molar-refractivity contribution in [3.05, 3.63) is 28.5 Å². The SMILES string of the molecule is COC1CN(Cc2cccc(Br)n2)C1. The van der Waals surface area contributed by atoms with E-state index in [4.69, 9.17) is 4.74 Å². The molecule has 0 atom stereocenters. The highest BCUT2D eigenvalue weighted by atomic mass is 79.9. The van der Waals surface area contributed by atoms with E-state index in [0.29, 0.717) is 6.10 Å². The number of likely N-dealkylation sites (tertiary alicyclic amines) is 1. The highest BCUT2D eigenvalue weighted by molar-refractivity contribution is 9.10. The number of aromatic nitrogens is 1. The second kappa shape index (κ2) is 4.38.